The fourth-order valence-corrected chi connectivity index (χ4v) is 1.35. The van der Waals surface area contributed by atoms with Gasteiger partial charge >= 0.3 is 7.25 Å². The SMILES string of the molecule is CN(B1OCCO1)c1ccccc1. The Morgan fingerprint density at radius 2 is 1.77 bits per heavy atom. The second-order valence-electron chi connectivity index (χ2n) is 3.00. The predicted molar refractivity (Wildman–Crippen MR) is 52.5 cm³/mol. The molecule has 1 aliphatic rings. The highest BCUT2D eigenvalue weighted by atomic mass is 16.6. The molecule has 0 atom stereocenters. The van der Waals surface area contributed by atoms with Gasteiger partial charge in [-0.1, -0.05) is 18.2 Å². The van der Waals surface area contributed by atoms with Gasteiger partial charge in [-0.3, -0.25) is 0 Å². The van der Waals surface area contributed by atoms with Gasteiger partial charge in [0.05, 0.1) is 13.2 Å². The Morgan fingerprint density at radius 1 is 1.15 bits per heavy atom. The highest BCUT2D eigenvalue weighted by Crippen LogP contribution is 2.15. The number of hydrogen-bond acceptors (Lipinski definition) is 3. The monoisotopic (exact) mass is 177 g/mol. The molecule has 3 nitrogen and oxygen atoms in total. The molecule has 0 aliphatic carbocycles. The average Bonchev–Trinajstić information content (AvgIpc) is 2.71. The second kappa shape index (κ2) is 3.81. The van der Waals surface area contributed by atoms with Crippen LogP contribution in [0, 0.1) is 0 Å². The van der Waals surface area contributed by atoms with Crippen LogP contribution in [0.25, 0.3) is 0 Å². The molecule has 1 saturated heterocycles. The molecule has 0 aromatic heterocycles. The van der Waals surface area contributed by atoms with Crippen LogP contribution in [0.15, 0.2) is 30.3 Å². The fraction of sp³-hybridized carbons (Fsp3) is 0.333. The normalized spacial score (nSPS) is 16.2. The van der Waals surface area contributed by atoms with Gasteiger partial charge in [0.15, 0.2) is 0 Å². The topological polar surface area (TPSA) is 21.7 Å². The Balaban J connectivity index is 2.08. The second-order valence-corrected chi connectivity index (χ2v) is 3.00. The summed E-state index contributed by atoms with van der Waals surface area (Å²) >= 11 is 0. The molecule has 4 heteroatoms. The zero-order chi connectivity index (χ0) is 9.10. The maximum atomic E-state index is 5.37. The van der Waals surface area contributed by atoms with Crippen molar-refractivity contribution < 1.29 is 9.31 Å². The van der Waals surface area contributed by atoms with Gasteiger partial charge in [0.2, 0.25) is 0 Å². The lowest BCUT2D eigenvalue weighted by Gasteiger charge is -2.20. The summed E-state index contributed by atoms with van der Waals surface area (Å²) < 4.78 is 10.7. The van der Waals surface area contributed by atoms with E-state index < -0.39 is 0 Å². The lowest BCUT2D eigenvalue weighted by molar-refractivity contribution is 0.365. The summed E-state index contributed by atoms with van der Waals surface area (Å²) in [6, 6.07) is 10.1. The maximum absolute atomic E-state index is 5.37. The van der Waals surface area contributed by atoms with Crippen LogP contribution in [-0.4, -0.2) is 27.5 Å². The number of benzene rings is 1. The third kappa shape index (κ3) is 1.84. The van der Waals surface area contributed by atoms with E-state index in [0.717, 1.165) is 5.69 Å². The lowest BCUT2D eigenvalue weighted by Crippen LogP contribution is -2.37. The summed E-state index contributed by atoms with van der Waals surface area (Å²) in [5.41, 5.74) is 1.11. The highest BCUT2D eigenvalue weighted by molar-refractivity contribution is 6.50. The van der Waals surface area contributed by atoms with Crippen molar-refractivity contribution in [3.8, 4) is 0 Å². The molecule has 0 spiro atoms. The zero-order valence-electron chi connectivity index (χ0n) is 7.64. The Morgan fingerprint density at radius 3 is 2.38 bits per heavy atom. The molecular weight excluding hydrogens is 165 g/mol. The Bertz CT molecular complexity index is 262. The van der Waals surface area contributed by atoms with E-state index in [2.05, 4.69) is 0 Å². The van der Waals surface area contributed by atoms with Crippen LogP contribution in [0.2, 0.25) is 0 Å². The standard InChI is InChI=1S/C9H12BNO2/c1-11(10-12-7-8-13-10)9-5-3-2-4-6-9/h2-6H,7-8H2,1H3. The van der Waals surface area contributed by atoms with Gasteiger partial charge in [0.1, 0.15) is 0 Å². The lowest BCUT2D eigenvalue weighted by atomic mass is 10.1. The molecule has 1 aromatic carbocycles. The summed E-state index contributed by atoms with van der Waals surface area (Å²) in [5.74, 6) is 0. The van der Waals surface area contributed by atoms with Crippen LogP contribution in [0.4, 0.5) is 5.69 Å². The molecule has 13 heavy (non-hydrogen) atoms. The first-order valence-electron chi connectivity index (χ1n) is 4.39. The first kappa shape index (κ1) is 8.60. The van der Waals surface area contributed by atoms with Gasteiger partial charge in [0, 0.05) is 5.69 Å². The molecule has 0 N–H and O–H groups in total. The first-order valence-corrected chi connectivity index (χ1v) is 4.39. The van der Waals surface area contributed by atoms with E-state index in [1.807, 2.05) is 42.2 Å². The first-order chi connectivity index (χ1) is 6.38. The highest BCUT2D eigenvalue weighted by Gasteiger charge is 2.30. The van der Waals surface area contributed by atoms with E-state index in [-0.39, 0.29) is 7.25 Å². The smallest absolute Gasteiger partial charge is 0.389 e. The fourth-order valence-electron chi connectivity index (χ4n) is 1.35. The molecule has 1 heterocycles. The minimum atomic E-state index is -0.220. The van der Waals surface area contributed by atoms with Crippen molar-refractivity contribution in [3.05, 3.63) is 30.3 Å². The van der Waals surface area contributed by atoms with Crippen molar-refractivity contribution in [2.24, 2.45) is 0 Å². The van der Waals surface area contributed by atoms with Crippen LogP contribution in [0.5, 0.6) is 0 Å². The van der Waals surface area contributed by atoms with Crippen LogP contribution in [0.3, 0.4) is 0 Å². The zero-order valence-corrected chi connectivity index (χ0v) is 7.64. The van der Waals surface area contributed by atoms with Crippen molar-refractivity contribution in [1.29, 1.82) is 0 Å². The number of nitrogens with zero attached hydrogens (tertiary/aromatic N) is 1. The van der Waals surface area contributed by atoms with Gasteiger partial charge < -0.3 is 14.1 Å². The molecule has 0 saturated carbocycles. The van der Waals surface area contributed by atoms with Crippen molar-refractivity contribution in [3.63, 3.8) is 0 Å². The number of hydrogen-bond donors (Lipinski definition) is 0. The summed E-state index contributed by atoms with van der Waals surface area (Å²) in [7, 11) is 1.74. The summed E-state index contributed by atoms with van der Waals surface area (Å²) in [6.07, 6.45) is 0. The number of para-hydroxylation sites is 1. The Kier molecular flexibility index (Phi) is 2.52. The molecule has 0 radical (unpaired) electrons. The van der Waals surface area contributed by atoms with Gasteiger partial charge in [-0.25, -0.2) is 0 Å². The van der Waals surface area contributed by atoms with Gasteiger partial charge in [-0.15, -0.1) is 0 Å². The molecule has 0 unspecified atom stereocenters. The minimum absolute atomic E-state index is 0.220. The van der Waals surface area contributed by atoms with Crippen molar-refractivity contribution in [2.45, 2.75) is 0 Å². The average molecular weight is 177 g/mol. The molecule has 68 valence electrons. The molecule has 1 aliphatic heterocycles. The van der Waals surface area contributed by atoms with Gasteiger partial charge in [-0.05, 0) is 19.2 Å². The van der Waals surface area contributed by atoms with Gasteiger partial charge in [0.25, 0.3) is 0 Å². The largest absolute Gasteiger partial charge is 0.593 e. The predicted octanol–water partition coefficient (Wildman–Crippen LogP) is 1.15. The molecule has 0 bridgehead atoms. The van der Waals surface area contributed by atoms with Crippen molar-refractivity contribution in [1.82, 2.24) is 0 Å². The third-order valence-electron chi connectivity index (χ3n) is 2.08. The van der Waals surface area contributed by atoms with Crippen LogP contribution < -0.4 is 4.81 Å². The summed E-state index contributed by atoms with van der Waals surface area (Å²) in [5, 5.41) is 0. The molecule has 0 amide bonds. The maximum Gasteiger partial charge on any atom is 0.593 e. The van der Waals surface area contributed by atoms with Gasteiger partial charge in [-0.2, -0.15) is 0 Å². The summed E-state index contributed by atoms with van der Waals surface area (Å²) in [4.78, 5) is 1.98. The van der Waals surface area contributed by atoms with E-state index in [4.69, 9.17) is 9.31 Å². The number of anilines is 1. The Hall–Kier alpha value is -0.995. The quantitative estimate of drug-likeness (QED) is 0.632. The van der Waals surface area contributed by atoms with E-state index in [1.165, 1.54) is 0 Å². The molecule has 1 aromatic rings. The molecule has 1 fully saturated rings. The van der Waals surface area contributed by atoms with E-state index in [9.17, 15) is 0 Å². The van der Waals surface area contributed by atoms with Crippen molar-refractivity contribution in [2.75, 3.05) is 25.1 Å². The van der Waals surface area contributed by atoms with E-state index in [1.54, 1.807) is 0 Å². The summed E-state index contributed by atoms with van der Waals surface area (Å²) in [6.45, 7) is 1.36. The molecular formula is C9H12BNO2. The number of rotatable bonds is 2. The van der Waals surface area contributed by atoms with E-state index >= 15 is 0 Å². The van der Waals surface area contributed by atoms with Crippen molar-refractivity contribution >= 4 is 12.9 Å². The molecule has 2 rings (SSSR count). The third-order valence-corrected chi connectivity index (χ3v) is 2.08. The van der Waals surface area contributed by atoms with Crippen LogP contribution in [0.1, 0.15) is 0 Å². The van der Waals surface area contributed by atoms with Crippen LogP contribution in [-0.2, 0) is 9.31 Å². The van der Waals surface area contributed by atoms with E-state index in [0.29, 0.717) is 13.2 Å². The minimum Gasteiger partial charge on any atom is -0.389 e. The van der Waals surface area contributed by atoms with Crippen LogP contribution >= 0.6 is 0 Å². The Labute approximate surface area is 78.4 Å².